The third-order valence-electron chi connectivity index (χ3n) is 6.93. The van der Waals surface area contributed by atoms with Crippen LogP contribution in [0.1, 0.15) is 64.3 Å². The van der Waals surface area contributed by atoms with E-state index >= 15 is 0 Å². The number of amides is 2. The summed E-state index contributed by atoms with van der Waals surface area (Å²) in [5.41, 5.74) is -0.00336. The Hall–Kier alpha value is -2.65. The summed E-state index contributed by atoms with van der Waals surface area (Å²) in [6.45, 7) is 3.09. The van der Waals surface area contributed by atoms with Gasteiger partial charge in [-0.15, -0.1) is 0 Å². The van der Waals surface area contributed by atoms with Crippen LogP contribution in [0.5, 0.6) is 5.75 Å². The Morgan fingerprint density at radius 3 is 2.77 bits per heavy atom. The van der Waals surface area contributed by atoms with Crippen molar-refractivity contribution in [1.82, 2.24) is 14.5 Å². The SMILES string of the molecule is CCC1C(=O)Nc2nc3ccc(OCCCC(=O)N(CCO)CC4CCCCC4)c(Cl)c3c(=O)n21. The van der Waals surface area contributed by atoms with Crippen LogP contribution >= 0.6 is 11.6 Å². The number of nitrogens with zero attached hydrogens (tertiary/aromatic N) is 3. The van der Waals surface area contributed by atoms with Crippen molar-refractivity contribution in [3.05, 3.63) is 27.5 Å². The highest BCUT2D eigenvalue weighted by atomic mass is 35.5. The first kappa shape index (κ1) is 25.4. The lowest BCUT2D eigenvalue weighted by Crippen LogP contribution is -2.38. The first-order chi connectivity index (χ1) is 16.9. The van der Waals surface area contributed by atoms with Crippen LogP contribution in [0.25, 0.3) is 10.9 Å². The number of carbonyl (C=O) groups excluding carboxylic acids is 2. The second-order valence-corrected chi connectivity index (χ2v) is 9.69. The van der Waals surface area contributed by atoms with Gasteiger partial charge >= 0.3 is 0 Å². The summed E-state index contributed by atoms with van der Waals surface area (Å²) in [6, 6.07) is 2.67. The highest BCUT2D eigenvalue weighted by Gasteiger charge is 2.32. The minimum absolute atomic E-state index is 0.0126. The maximum absolute atomic E-state index is 13.1. The highest BCUT2D eigenvalue weighted by molar-refractivity contribution is 6.36. The van der Waals surface area contributed by atoms with E-state index in [2.05, 4.69) is 10.3 Å². The number of aliphatic hydroxyl groups is 1. The van der Waals surface area contributed by atoms with Crippen molar-refractivity contribution in [3.63, 3.8) is 0 Å². The smallest absolute Gasteiger partial charge is 0.265 e. The summed E-state index contributed by atoms with van der Waals surface area (Å²) in [7, 11) is 0. The van der Waals surface area contributed by atoms with E-state index in [1.165, 1.54) is 23.8 Å². The summed E-state index contributed by atoms with van der Waals surface area (Å²) < 4.78 is 7.17. The Balaban J connectivity index is 1.39. The number of hydrogen-bond donors (Lipinski definition) is 2. The zero-order chi connectivity index (χ0) is 24.9. The van der Waals surface area contributed by atoms with Crippen molar-refractivity contribution < 1.29 is 19.4 Å². The fourth-order valence-electron chi connectivity index (χ4n) is 5.08. The number of nitrogens with one attached hydrogen (secondary N) is 1. The second-order valence-electron chi connectivity index (χ2n) is 9.32. The third kappa shape index (κ3) is 5.46. The minimum Gasteiger partial charge on any atom is -0.492 e. The number of ether oxygens (including phenoxy) is 1. The predicted molar refractivity (Wildman–Crippen MR) is 134 cm³/mol. The summed E-state index contributed by atoms with van der Waals surface area (Å²) in [4.78, 5) is 44.2. The van der Waals surface area contributed by atoms with Crippen molar-refractivity contribution in [1.29, 1.82) is 0 Å². The minimum atomic E-state index is -0.614. The molecule has 4 rings (SSSR count). The van der Waals surface area contributed by atoms with E-state index in [9.17, 15) is 19.5 Å². The molecule has 1 aromatic carbocycles. The number of benzene rings is 1. The molecule has 10 heteroatoms. The van der Waals surface area contributed by atoms with Gasteiger partial charge in [-0.25, -0.2) is 4.98 Å². The van der Waals surface area contributed by atoms with Gasteiger partial charge in [0.1, 0.15) is 11.8 Å². The van der Waals surface area contributed by atoms with E-state index in [-0.39, 0.29) is 46.9 Å². The Morgan fingerprint density at radius 2 is 2.06 bits per heavy atom. The average Bonchev–Trinajstić information content (AvgIpc) is 3.18. The normalized spacial score (nSPS) is 17.9. The molecule has 2 N–H and O–H groups in total. The lowest BCUT2D eigenvalue weighted by molar-refractivity contribution is -0.132. The van der Waals surface area contributed by atoms with E-state index < -0.39 is 6.04 Å². The van der Waals surface area contributed by atoms with Gasteiger partial charge in [-0.2, -0.15) is 0 Å². The van der Waals surface area contributed by atoms with Crippen LogP contribution in [0, 0.1) is 5.92 Å². The maximum Gasteiger partial charge on any atom is 0.265 e. The molecule has 1 saturated carbocycles. The van der Waals surface area contributed by atoms with Crippen LogP contribution in [-0.4, -0.2) is 57.7 Å². The van der Waals surface area contributed by atoms with Crippen molar-refractivity contribution in [3.8, 4) is 5.75 Å². The largest absolute Gasteiger partial charge is 0.492 e. The number of hydrogen-bond acceptors (Lipinski definition) is 6. The molecule has 2 aliphatic rings. The van der Waals surface area contributed by atoms with Crippen molar-refractivity contribution in [2.45, 2.75) is 64.3 Å². The van der Waals surface area contributed by atoms with Crippen LogP contribution in [0.15, 0.2) is 16.9 Å². The standard InChI is InChI=1S/C25H33ClN4O5/c1-2-18-23(33)28-25-27-17-10-11-19(22(26)21(17)24(34)30(18)25)35-14-6-9-20(32)29(12-13-31)15-16-7-4-3-5-8-16/h10-11,16,18,31H,2-9,12-15H2,1H3,(H,27,28,33). The Bertz CT molecular complexity index is 1140. The van der Waals surface area contributed by atoms with Crippen molar-refractivity contribution in [2.75, 3.05) is 31.6 Å². The van der Waals surface area contributed by atoms with E-state index in [1.54, 1.807) is 17.0 Å². The second kappa shape index (κ2) is 11.4. The molecule has 0 bridgehead atoms. The molecule has 2 heterocycles. The van der Waals surface area contributed by atoms with Crippen molar-refractivity contribution in [2.24, 2.45) is 5.92 Å². The molecule has 9 nitrogen and oxygen atoms in total. The van der Waals surface area contributed by atoms with Gasteiger partial charge in [0.25, 0.3) is 5.56 Å². The van der Waals surface area contributed by atoms with Crippen molar-refractivity contribution >= 4 is 40.3 Å². The fourth-order valence-corrected chi connectivity index (χ4v) is 5.37. The van der Waals surface area contributed by atoms with Gasteiger partial charge in [0, 0.05) is 19.5 Å². The molecule has 2 aromatic rings. The van der Waals surface area contributed by atoms with Gasteiger partial charge in [-0.3, -0.25) is 24.3 Å². The molecule has 0 radical (unpaired) electrons. The highest BCUT2D eigenvalue weighted by Crippen LogP contribution is 2.33. The topological polar surface area (TPSA) is 114 Å². The summed E-state index contributed by atoms with van der Waals surface area (Å²) in [5.74, 6) is 0.829. The zero-order valence-electron chi connectivity index (χ0n) is 20.1. The van der Waals surface area contributed by atoms with Crippen LogP contribution in [0.2, 0.25) is 5.02 Å². The molecule has 1 fully saturated rings. The molecule has 0 saturated heterocycles. The van der Waals surface area contributed by atoms with Crippen LogP contribution < -0.4 is 15.6 Å². The molecular weight excluding hydrogens is 472 g/mol. The Kier molecular flexibility index (Phi) is 8.28. The molecule has 2 amide bonds. The Labute approximate surface area is 209 Å². The number of halogens is 1. The molecule has 1 aliphatic carbocycles. The lowest BCUT2D eigenvalue weighted by Gasteiger charge is -2.29. The van der Waals surface area contributed by atoms with Gasteiger partial charge in [0.15, 0.2) is 0 Å². The first-order valence-electron chi connectivity index (χ1n) is 12.5. The predicted octanol–water partition coefficient (Wildman–Crippen LogP) is 3.51. The van der Waals surface area contributed by atoms with Gasteiger partial charge in [-0.05, 0) is 43.7 Å². The van der Waals surface area contributed by atoms with Crippen LogP contribution in [-0.2, 0) is 9.59 Å². The molecule has 1 aromatic heterocycles. The quantitative estimate of drug-likeness (QED) is 0.478. The molecule has 1 aliphatic heterocycles. The van der Waals surface area contributed by atoms with Gasteiger partial charge in [0.2, 0.25) is 17.8 Å². The molecule has 1 unspecified atom stereocenters. The molecule has 1 atom stereocenters. The van der Waals surface area contributed by atoms with Crippen LogP contribution in [0.4, 0.5) is 5.95 Å². The number of carbonyl (C=O) groups is 2. The fraction of sp³-hybridized carbons (Fsp3) is 0.600. The Morgan fingerprint density at radius 1 is 1.29 bits per heavy atom. The number of aromatic nitrogens is 2. The van der Waals surface area contributed by atoms with Crippen LogP contribution in [0.3, 0.4) is 0 Å². The number of anilines is 1. The van der Waals surface area contributed by atoms with E-state index in [1.807, 2.05) is 6.92 Å². The monoisotopic (exact) mass is 504 g/mol. The van der Waals surface area contributed by atoms with E-state index in [0.29, 0.717) is 49.5 Å². The molecule has 0 spiro atoms. The number of aliphatic hydroxyl groups excluding tert-OH is 1. The summed E-state index contributed by atoms with van der Waals surface area (Å²) in [6.07, 6.45) is 7.21. The summed E-state index contributed by atoms with van der Waals surface area (Å²) >= 11 is 6.53. The molecular formula is C25H33ClN4O5. The van der Waals surface area contributed by atoms with E-state index in [0.717, 1.165) is 12.8 Å². The van der Waals surface area contributed by atoms with E-state index in [4.69, 9.17) is 16.3 Å². The zero-order valence-corrected chi connectivity index (χ0v) is 20.9. The maximum atomic E-state index is 13.1. The third-order valence-corrected chi connectivity index (χ3v) is 7.30. The molecule has 190 valence electrons. The van der Waals surface area contributed by atoms with Gasteiger partial charge in [-0.1, -0.05) is 37.8 Å². The lowest BCUT2D eigenvalue weighted by atomic mass is 9.89. The number of rotatable bonds is 10. The average molecular weight is 505 g/mol. The van der Waals surface area contributed by atoms with Gasteiger partial charge in [0.05, 0.1) is 29.1 Å². The first-order valence-corrected chi connectivity index (χ1v) is 12.9. The molecule has 35 heavy (non-hydrogen) atoms. The number of fused-ring (bicyclic) bond motifs is 2. The summed E-state index contributed by atoms with van der Waals surface area (Å²) in [5, 5.41) is 12.4. The van der Waals surface area contributed by atoms with Gasteiger partial charge < -0.3 is 14.7 Å².